The molecule has 0 bridgehead atoms. The van der Waals surface area contributed by atoms with E-state index in [4.69, 9.17) is 0 Å². The van der Waals surface area contributed by atoms with E-state index < -0.39 is 32.5 Å². The number of nitrogens with zero attached hydrogens (tertiary/aromatic N) is 2. The molecule has 2 aromatic rings. The van der Waals surface area contributed by atoms with Gasteiger partial charge >= 0.3 is 5.97 Å². The molecule has 0 aliphatic heterocycles. The van der Waals surface area contributed by atoms with Crippen molar-refractivity contribution in [1.29, 1.82) is 0 Å². The zero-order valence-electron chi connectivity index (χ0n) is 14.9. The van der Waals surface area contributed by atoms with Crippen LogP contribution in [0.4, 0.5) is 5.69 Å². The van der Waals surface area contributed by atoms with Gasteiger partial charge in [0.25, 0.3) is 5.91 Å². The summed E-state index contributed by atoms with van der Waals surface area (Å²) in [6, 6.07) is 5.95. The summed E-state index contributed by atoms with van der Waals surface area (Å²) in [6.45, 7) is 6.03. The van der Waals surface area contributed by atoms with Crippen molar-refractivity contribution in [2.75, 3.05) is 5.32 Å². The molecular weight excluding hydrogens is 358 g/mol. The summed E-state index contributed by atoms with van der Waals surface area (Å²) in [5.74, 6) is -1.69. The van der Waals surface area contributed by atoms with E-state index in [-0.39, 0.29) is 16.1 Å². The molecule has 1 heterocycles. The quantitative estimate of drug-likeness (QED) is 0.794. The maximum atomic E-state index is 12.6. The van der Waals surface area contributed by atoms with Gasteiger partial charge in [0.05, 0.1) is 27.6 Å². The Labute approximate surface area is 151 Å². The molecule has 0 aliphatic rings. The average molecular weight is 379 g/mol. The number of carboxylic acid groups (broad SMARTS) is 1. The number of amides is 1. The first kappa shape index (κ1) is 19.6. The molecule has 0 unspecified atom stereocenters. The molecule has 0 atom stereocenters. The maximum Gasteiger partial charge on any atom is 0.331 e. The molecule has 8 nitrogen and oxygen atoms in total. The van der Waals surface area contributed by atoms with Crippen molar-refractivity contribution >= 4 is 27.4 Å². The third-order valence-electron chi connectivity index (χ3n) is 4.00. The van der Waals surface area contributed by atoms with E-state index in [1.165, 1.54) is 43.1 Å². The van der Waals surface area contributed by atoms with Crippen LogP contribution in [0, 0.1) is 0 Å². The fourth-order valence-electron chi connectivity index (χ4n) is 2.15. The number of carbonyl (C=O) groups is 2. The topological polar surface area (TPSA) is 118 Å². The van der Waals surface area contributed by atoms with Crippen LogP contribution in [0.2, 0.25) is 0 Å². The van der Waals surface area contributed by atoms with Crippen LogP contribution in [0.15, 0.2) is 41.6 Å². The fourth-order valence-corrected chi connectivity index (χ4v) is 3.39. The third kappa shape index (κ3) is 3.62. The molecular formula is C17H21N3O5S. The zero-order valence-corrected chi connectivity index (χ0v) is 15.7. The molecule has 9 heteroatoms. The Morgan fingerprint density at radius 3 is 2.42 bits per heavy atom. The lowest BCUT2D eigenvalue weighted by atomic mass is 10.1. The van der Waals surface area contributed by atoms with Gasteiger partial charge in [-0.05, 0) is 39.8 Å². The summed E-state index contributed by atoms with van der Waals surface area (Å²) in [7, 11) is -3.63. The molecule has 2 rings (SSSR count). The molecule has 0 aliphatic carbocycles. The SMILES string of the molecule is CC(C)S(=O)(=O)c1ccccc1C(=O)Nc1cnn(C(C)(C)C(=O)O)c1. The molecule has 0 radical (unpaired) electrons. The summed E-state index contributed by atoms with van der Waals surface area (Å²) in [5.41, 5.74) is -1.01. The second-order valence-corrected chi connectivity index (χ2v) is 9.05. The van der Waals surface area contributed by atoms with Crippen molar-refractivity contribution in [3.05, 3.63) is 42.2 Å². The summed E-state index contributed by atoms with van der Waals surface area (Å²) in [4.78, 5) is 23.8. The monoisotopic (exact) mass is 379 g/mol. The molecule has 2 N–H and O–H groups in total. The van der Waals surface area contributed by atoms with Crippen LogP contribution in [0.5, 0.6) is 0 Å². The van der Waals surface area contributed by atoms with Gasteiger partial charge < -0.3 is 10.4 Å². The highest BCUT2D eigenvalue weighted by Gasteiger charge is 2.30. The molecule has 140 valence electrons. The third-order valence-corrected chi connectivity index (χ3v) is 6.21. The minimum atomic E-state index is -3.63. The molecule has 1 aromatic carbocycles. The number of carboxylic acids is 1. The van der Waals surface area contributed by atoms with Crippen LogP contribution >= 0.6 is 0 Å². The second-order valence-electron chi connectivity index (χ2n) is 6.58. The Morgan fingerprint density at radius 1 is 1.23 bits per heavy atom. The van der Waals surface area contributed by atoms with Gasteiger partial charge in [-0.2, -0.15) is 5.10 Å². The number of aromatic nitrogens is 2. The van der Waals surface area contributed by atoms with E-state index in [0.29, 0.717) is 0 Å². The van der Waals surface area contributed by atoms with Crippen LogP contribution in [-0.2, 0) is 20.2 Å². The molecule has 1 aromatic heterocycles. The first-order valence-electron chi connectivity index (χ1n) is 7.90. The van der Waals surface area contributed by atoms with Crippen molar-refractivity contribution in [3.8, 4) is 0 Å². The van der Waals surface area contributed by atoms with Crippen LogP contribution in [0.25, 0.3) is 0 Å². The van der Waals surface area contributed by atoms with Gasteiger partial charge in [0.1, 0.15) is 0 Å². The number of carbonyl (C=O) groups excluding carboxylic acids is 1. The van der Waals surface area contributed by atoms with Crippen molar-refractivity contribution in [3.63, 3.8) is 0 Å². The second kappa shape index (κ2) is 6.91. The minimum Gasteiger partial charge on any atom is -0.479 e. The normalized spacial score (nSPS) is 12.2. The van der Waals surface area contributed by atoms with Crippen LogP contribution in [0.1, 0.15) is 38.1 Å². The average Bonchev–Trinajstić information content (AvgIpc) is 3.03. The number of sulfone groups is 1. The van der Waals surface area contributed by atoms with Gasteiger partial charge in [-0.25, -0.2) is 13.2 Å². The minimum absolute atomic E-state index is 0.0199. The Balaban J connectivity index is 2.33. The Morgan fingerprint density at radius 2 is 1.85 bits per heavy atom. The number of hydrogen-bond acceptors (Lipinski definition) is 5. The number of hydrogen-bond donors (Lipinski definition) is 2. The lowest BCUT2D eigenvalue weighted by Gasteiger charge is -2.19. The molecule has 26 heavy (non-hydrogen) atoms. The highest BCUT2D eigenvalue weighted by Crippen LogP contribution is 2.22. The van der Waals surface area contributed by atoms with E-state index in [1.807, 2.05) is 0 Å². The molecule has 0 spiro atoms. The van der Waals surface area contributed by atoms with E-state index in [0.717, 1.165) is 0 Å². The first-order chi connectivity index (χ1) is 12.0. The van der Waals surface area contributed by atoms with E-state index in [2.05, 4.69) is 10.4 Å². The number of anilines is 1. The van der Waals surface area contributed by atoms with Crippen molar-refractivity contribution in [2.24, 2.45) is 0 Å². The Hall–Kier alpha value is -2.68. The lowest BCUT2D eigenvalue weighted by Crippen LogP contribution is -2.35. The molecule has 0 fully saturated rings. The number of aliphatic carboxylic acids is 1. The standard InChI is InChI=1S/C17H21N3O5S/c1-11(2)26(24,25)14-8-6-5-7-13(14)15(21)19-12-9-18-20(10-12)17(3,4)16(22)23/h5-11H,1-4H3,(H,19,21)(H,22,23). The van der Waals surface area contributed by atoms with E-state index >= 15 is 0 Å². The molecule has 0 saturated heterocycles. The van der Waals surface area contributed by atoms with Gasteiger partial charge in [-0.15, -0.1) is 0 Å². The number of nitrogens with one attached hydrogen (secondary N) is 1. The largest absolute Gasteiger partial charge is 0.479 e. The summed E-state index contributed by atoms with van der Waals surface area (Å²) in [5, 5.41) is 15.1. The van der Waals surface area contributed by atoms with E-state index in [9.17, 15) is 23.1 Å². The summed E-state index contributed by atoms with van der Waals surface area (Å²) in [6.07, 6.45) is 2.69. The highest BCUT2D eigenvalue weighted by molar-refractivity contribution is 7.92. The van der Waals surface area contributed by atoms with Gasteiger partial charge in [0.15, 0.2) is 15.4 Å². The zero-order chi connectivity index (χ0) is 19.7. The Bertz CT molecular complexity index is 945. The van der Waals surface area contributed by atoms with E-state index in [1.54, 1.807) is 26.0 Å². The van der Waals surface area contributed by atoms with Crippen molar-refractivity contribution < 1.29 is 23.1 Å². The lowest BCUT2D eigenvalue weighted by molar-refractivity contribution is -0.146. The highest BCUT2D eigenvalue weighted by atomic mass is 32.2. The van der Waals surface area contributed by atoms with Gasteiger partial charge in [0, 0.05) is 6.20 Å². The van der Waals surface area contributed by atoms with Gasteiger partial charge in [0.2, 0.25) is 0 Å². The number of rotatable bonds is 6. The van der Waals surface area contributed by atoms with Gasteiger partial charge in [-0.1, -0.05) is 12.1 Å². The van der Waals surface area contributed by atoms with Crippen LogP contribution in [0.3, 0.4) is 0 Å². The van der Waals surface area contributed by atoms with Crippen molar-refractivity contribution in [2.45, 2.75) is 43.4 Å². The summed E-state index contributed by atoms with van der Waals surface area (Å²) >= 11 is 0. The molecule has 0 saturated carbocycles. The van der Waals surface area contributed by atoms with Crippen molar-refractivity contribution in [1.82, 2.24) is 9.78 Å². The summed E-state index contributed by atoms with van der Waals surface area (Å²) < 4.78 is 26.1. The fraction of sp³-hybridized carbons (Fsp3) is 0.353. The molecule has 1 amide bonds. The number of benzene rings is 1. The smallest absolute Gasteiger partial charge is 0.331 e. The predicted molar refractivity (Wildman–Crippen MR) is 95.9 cm³/mol. The first-order valence-corrected chi connectivity index (χ1v) is 9.45. The predicted octanol–water partition coefficient (Wildman–Crippen LogP) is 2.14. The van der Waals surface area contributed by atoms with Crippen LogP contribution in [-0.4, -0.2) is 40.4 Å². The van der Waals surface area contributed by atoms with Gasteiger partial charge in [-0.3, -0.25) is 9.48 Å². The Kier molecular flexibility index (Phi) is 5.22. The van der Waals surface area contributed by atoms with Crippen LogP contribution < -0.4 is 5.32 Å². The maximum absolute atomic E-state index is 12.6.